The molecule has 0 unspecified atom stereocenters. The molecule has 1 aliphatic rings. The Morgan fingerprint density at radius 1 is 1.10 bits per heavy atom. The number of fused-ring (bicyclic) bond motifs is 1. The van der Waals surface area contributed by atoms with Crippen molar-refractivity contribution in [1.29, 1.82) is 0 Å². The molecule has 5 rings (SSSR count). The summed E-state index contributed by atoms with van der Waals surface area (Å²) in [5.41, 5.74) is -2.43. The second-order valence-electron chi connectivity index (χ2n) is 9.73. The number of methoxy groups -OCH3 is 1. The first-order chi connectivity index (χ1) is 20.1. The van der Waals surface area contributed by atoms with Crippen molar-refractivity contribution in [3.63, 3.8) is 0 Å². The monoisotopic (exact) mass is 588 g/mol. The van der Waals surface area contributed by atoms with Gasteiger partial charge in [0.05, 0.1) is 51.4 Å². The van der Waals surface area contributed by atoms with Gasteiger partial charge in [-0.2, -0.15) is 23.4 Å². The van der Waals surface area contributed by atoms with Gasteiger partial charge in [0.2, 0.25) is 0 Å². The molecule has 15 heteroatoms. The summed E-state index contributed by atoms with van der Waals surface area (Å²) in [6.07, 6.45) is -2.75. The Hall–Kier alpha value is -4.53. The van der Waals surface area contributed by atoms with Crippen LogP contribution in [0.4, 0.5) is 29.1 Å². The Labute approximate surface area is 237 Å². The Kier molecular flexibility index (Phi) is 8.38. The maximum Gasteiger partial charge on any atom is 0.423 e. The van der Waals surface area contributed by atoms with E-state index in [1.807, 2.05) is 4.90 Å². The van der Waals surface area contributed by atoms with Crippen LogP contribution >= 0.6 is 0 Å². The lowest BCUT2D eigenvalue weighted by molar-refractivity contribution is -0.138. The molecule has 0 fully saturated rings. The number of benzene rings is 1. The first kappa shape index (κ1) is 29.0. The van der Waals surface area contributed by atoms with Crippen molar-refractivity contribution in [2.24, 2.45) is 0 Å². The number of ether oxygens (including phenoxy) is 2. The minimum atomic E-state index is -4.90. The number of hydrogen-bond acceptors (Lipinski definition) is 9. The second kappa shape index (κ2) is 12.1. The standard InChI is InChI=1S/C27H28F4N8O3/c1-17(15-42-16-22-35-24-14-37(9-10-38(24)36-22)23-8-5-19(28)11-32-23)34-21-12-33-39(26(40)25(21)27(29,30)31)13-18-3-6-20(41-2)7-4-18/h3-8,11-12,17,34H,9-10,13-16H2,1-2H3/t17-/m0/s1. The maximum atomic E-state index is 13.9. The molecule has 1 N–H and O–H groups in total. The fourth-order valence-electron chi connectivity index (χ4n) is 4.52. The van der Waals surface area contributed by atoms with E-state index in [0.717, 1.165) is 17.1 Å². The van der Waals surface area contributed by atoms with Crippen molar-refractivity contribution in [1.82, 2.24) is 29.5 Å². The van der Waals surface area contributed by atoms with E-state index in [1.54, 1.807) is 41.9 Å². The molecule has 0 spiro atoms. The second-order valence-corrected chi connectivity index (χ2v) is 9.73. The maximum absolute atomic E-state index is 13.9. The minimum absolute atomic E-state index is 0.0156. The topological polar surface area (TPSA) is 112 Å². The highest BCUT2D eigenvalue weighted by molar-refractivity contribution is 5.50. The normalized spacial score (nSPS) is 14.0. The van der Waals surface area contributed by atoms with Crippen molar-refractivity contribution < 1.29 is 27.0 Å². The lowest BCUT2D eigenvalue weighted by Crippen LogP contribution is -2.34. The van der Waals surface area contributed by atoms with E-state index < -0.39 is 34.8 Å². The molecule has 0 aliphatic carbocycles. The summed E-state index contributed by atoms with van der Waals surface area (Å²) < 4.78 is 68.3. The van der Waals surface area contributed by atoms with E-state index in [4.69, 9.17) is 9.47 Å². The molecule has 0 saturated heterocycles. The van der Waals surface area contributed by atoms with Gasteiger partial charge in [-0.05, 0) is 36.8 Å². The van der Waals surface area contributed by atoms with Gasteiger partial charge < -0.3 is 19.7 Å². The van der Waals surface area contributed by atoms with Gasteiger partial charge in [-0.3, -0.25) is 4.79 Å². The number of hydrogen-bond donors (Lipinski definition) is 1. The van der Waals surface area contributed by atoms with Gasteiger partial charge in [0.25, 0.3) is 5.56 Å². The molecule has 1 aromatic carbocycles. The quantitative estimate of drug-likeness (QED) is 0.278. The zero-order chi connectivity index (χ0) is 29.9. The van der Waals surface area contributed by atoms with Crippen LogP contribution in [0.15, 0.2) is 53.6 Å². The summed E-state index contributed by atoms with van der Waals surface area (Å²) in [4.78, 5) is 23.4. The Bertz CT molecular complexity index is 1570. The highest BCUT2D eigenvalue weighted by atomic mass is 19.4. The van der Waals surface area contributed by atoms with Crippen LogP contribution < -0.4 is 20.5 Å². The predicted octanol–water partition coefficient (Wildman–Crippen LogP) is 3.48. The molecule has 42 heavy (non-hydrogen) atoms. The average Bonchev–Trinajstić information content (AvgIpc) is 3.36. The number of nitrogens with one attached hydrogen (secondary N) is 1. The lowest BCUT2D eigenvalue weighted by Gasteiger charge is -2.27. The zero-order valence-corrected chi connectivity index (χ0v) is 22.8. The predicted molar refractivity (Wildman–Crippen MR) is 144 cm³/mol. The molecule has 0 saturated carbocycles. The van der Waals surface area contributed by atoms with E-state index in [9.17, 15) is 22.4 Å². The largest absolute Gasteiger partial charge is 0.497 e. The molecular formula is C27H28F4N8O3. The summed E-state index contributed by atoms with van der Waals surface area (Å²) in [7, 11) is 1.50. The minimum Gasteiger partial charge on any atom is -0.497 e. The summed E-state index contributed by atoms with van der Waals surface area (Å²) in [6.45, 7) is 3.14. The van der Waals surface area contributed by atoms with Crippen LogP contribution in [0.2, 0.25) is 0 Å². The molecule has 0 bridgehead atoms. The van der Waals surface area contributed by atoms with E-state index in [2.05, 4.69) is 25.5 Å². The lowest BCUT2D eigenvalue weighted by atomic mass is 10.2. The van der Waals surface area contributed by atoms with Crippen molar-refractivity contribution >= 4 is 11.5 Å². The van der Waals surface area contributed by atoms with E-state index >= 15 is 0 Å². The van der Waals surface area contributed by atoms with Gasteiger partial charge in [0.15, 0.2) is 5.82 Å². The third-order valence-electron chi connectivity index (χ3n) is 6.56. The highest BCUT2D eigenvalue weighted by Gasteiger charge is 2.38. The van der Waals surface area contributed by atoms with Crippen LogP contribution in [0.1, 0.15) is 29.7 Å². The Morgan fingerprint density at radius 3 is 2.57 bits per heavy atom. The van der Waals surface area contributed by atoms with E-state index in [-0.39, 0.29) is 19.8 Å². The van der Waals surface area contributed by atoms with Crippen LogP contribution in [0, 0.1) is 5.82 Å². The van der Waals surface area contributed by atoms with E-state index in [1.165, 1.54) is 13.2 Å². The molecule has 4 aromatic rings. The fraction of sp³-hybridized carbons (Fsp3) is 0.370. The van der Waals surface area contributed by atoms with Crippen LogP contribution in [-0.2, 0) is 37.2 Å². The van der Waals surface area contributed by atoms with Crippen LogP contribution in [0.25, 0.3) is 0 Å². The summed E-state index contributed by atoms with van der Waals surface area (Å²) in [5, 5.41) is 11.1. The van der Waals surface area contributed by atoms with Crippen LogP contribution in [-0.4, -0.2) is 55.8 Å². The van der Waals surface area contributed by atoms with Crippen molar-refractivity contribution in [3.8, 4) is 5.75 Å². The summed E-state index contributed by atoms with van der Waals surface area (Å²) in [6, 6.07) is 8.95. The van der Waals surface area contributed by atoms with Gasteiger partial charge >= 0.3 is 6.18 Å². The third kappa shape index (κ3) is 6.67. The van der Waals surface area contributed by atoms with Crippen LogP contribution in [0.5, 0.6) is 5.75 Å². The molecular weight excluding hydrogens is 560 g/mol. The first-order valence-corrected chi connectivity index (χ1v) is 13.0. The first-order valence-electron chi connectivity index (χ1n) is 13.0. The number of aromatic nitrogens is 6. The summed E-state index contributed by atoms with van der Waals surface area (Å²) in [5.74, 6) is 1.91. The molecule has 11 nitrogen and oxygen atoms in total. The van der Waals surface area contributed by atoms with Gasteiger partial charge in [0, 0.05) is 12.6 Å². The highest BCUT2D eigenvalue weighted by Crippen LogP contribution is 2.32. The Balaban J connectivity index is 1.19. The number of anilines is 2. The number of rotatable bonds is 10. The van der Waals surface area contributed by atoms with E-state index in [0.29, 0.717) is 48.4 Å². The molecule has 1 aliphatic heterocycles. The smallest absolute Gasteiger partial charge is 0.423 e. The fourth-order valence-corrected chi connectivity index (χ4v) is 4.52. The third-order valence-corrected chi connectivity index (χ3v) is 6.56. The molecule has 0 radical (unpaired) electrons. The number of alkyl halides is 3. The average molecular weight is 589 g/mol. The van der Waals surface area contributed by atoms with Crippen molar-refractivity contribution in [3.05, 3.63) is 87.7 Å². The van der Waals surface area contributed by atoms with Gasteiger partial charge in [0.1, 0.15) is 35.4 Å². The number of nitrogens with zero attached hydrogens (tertiary/aromatic N) is 7. The molecule has 0 amide bonds. The molecule has 1 atom stereocenters. The van der Waals surface area contributed by atoms with Crippen molar-refractivity contribution in [2.45, 2.75) is 45.4 Å². The number of halogens is 4. The molecule has 4 heterocycles. The number of pyridine rings is 1. The van der Waals surface area contributed by atoms with Crippen molar-refractivity contribution in [2.75, 3.05) is 30.5 Å². The summed E-state index contributed by atoms with van der Waals surface area (Å²) >= 11 is 0. The molecule has 222 valence electrons. The Morgan fingerprint density at radius 2 is 1.88 bits per heavy atom. The zero-order valence-electron chi connectivity index (χ0n) is 22.8. The molecule has 3 aromatic heterocycles. The van der Waals surface area contributed by atoms with Crippen LogP contribution in [0.3, 0.4) is 0 Å². The van der Waals surface area contributed by atoms with Gasteiger partial charge in [-0.25, -0.2) is 23.7 Å². The SMILES string of the molecule is COc1ccc(Cn2ncc(N[C@@H](C)COCc3nc4n(n3)CCN(c3ccc(F)cn3)C4)c(C(F)(F)F)c2=O)cc1. The van der Waals surface area contributed by atoms with Gasteiger partial charge in [-0.1, -0.05) is 12.1 Å². The van der Waals surface area contributed by atoms with Gasteiger partial charge in [-0.15, -0.1) is 0 Å².